The average molecular weight is 925 g/mol. The summed E-state index contributed by atoms with van der Waals surface area (Å²) >= 11 is 0. The fraction of sp³-hybridized carbons (Fsp3) is 0.0294. The van der Waals surface area contributed by atoms with Crippen molar-refractivity contribution in [1.82, 2.24) is 0 Å². The highest BCUT2D eigenvalue weighted by Crippen LogP contribution is 2.43. The second-order valence-corrected chi connectivity index (χ2v) is 18.1. The summed E-state index contributed by atoms with van der Waals surface area (Å²) in [5, 5.41) is 4.85. The normalized spacial score (nSPS) is 13.0. The number of hydrogen-bond acceptors (Lipinski definition) is 4. The maximum Gasteiger partial charge on any atom is 0.0559 e. The lowest BCUT2D eigenvalue weighted by Crippen LogP contribution is -2.29. The van der Waals surface area contributed by atoms with Gasteiger partial charge in [-0.1, -0.05) is 176 Å². The molecule has 0 saturated carbocycles. The molecule has 1 atom stereocenters. The molecule has 0 amide bonds. The Labute approximate surface area is 422 Å². The second kappa shape index (κ2) is 19.9. The van der Waals surface area contributed by atoms with Crippen LogP contribution >= 0.6 is 0 Å². The minimum absolute atomic E-state index is 0.173. The first kappa shape index (κ1) is 43.9. The van der Waals surface area contributed by atoms with Gasteiger partial charge >= 0.3 is 0 Å². The zero-order valence-corrected chi connectivity index (χ0v) is 39.9. The van der Waals surface area contributed by atoms with Crippen LogP contribution in [-0.4, -0.2) is 6.04 Å². The lowest BCUT2D eigenvalue weighted by molar-refractivity contribution is 0.785. The third kappa shape index (κ3) is 8.78. The second-order valence-electron chi connectivity index (χ2n) is 18.1. The number of rotatable bonds is 13. The Morgan fingerprint density at radius 2 is 0.597 bits per heavy atom. The third-order valence-electron chi connectivity index (χ3n) is 13.7. The summed E-state index contributed by atoms with van der Waals surface area (Å²) < 4.78 is 0. The molecule has 1 aliphatic rings. The van der Waals surface area contributed by atoms with E-state index in [2.05, 4.69) is 317 Å². The van der Waals surface area contributed by atoms with E-state index in [0.29, 0.717) is 0 Å². The van der Waals surface area contributed by atoms with Crippen molar-refractivity contribution < 1.29 is 0 Å². The van der Waals surface area contributed by atoms with Crippen molar-refractivity contribution in [2.24, 2.45) is 0 Å². The van der Waals surface area contributed by atoms with E-state index in [9.17, 15) is 0 Å². The molecule has 0 heterocycles. The number of para-hydroxylation sites is 3. The molecule has 1 unspecified atom stereocenters. The van der Waals surface area contributed by atoms with E-state index in [0.717, 1.165) is 74.5 Å². The van der Waals surface area contributed by atoms with Gasteiger partial charge in [0.2, 0.25) is 0 Å². The molecule has 0 aromatic heterocycles. The average Bonchev–Trinajstić information content (AvgIpc) is 3.46. The van der Waals surface area contributed by atoms with Crippen molar-refractivity contribution >= 4 is 84.1 Å². The van der Waals surface area contributed by atoms with Crippen LogP contribution in [0.25, 0.3) is 32.7 Å². The first-order valence-electron chi connectivity index (χ1n) is 24.8. The van der Waals surface area contributed by atoms with Gasteiger partial charge in [0.05, 0.1) is 17.4 Å². The monoisotopic (exact) mass is 924 g/mol. The van der Waals surface area contributed by atoms with Crippen LogP contribution in [0, 0.1) is 0 Å². The molecular formula is C68H52N4. The van der Waals surface area contributed by atoms with Crippen molar-refractivity contribution in [1.29, 1.82) is 0 Å². The number of hydrogen-bond donors (Lipinski definition) is 0. The zero-order valence-electron chi connectivity index (χ0n) is 39.9. The fourth-order valence-corrected chi connectivity index (χ4v) is 10.3. The molecule has 0 N–H and O–H groups in total. The van der Waals surface area contributed by atoms with Crippen molar-refractivity contribution in [2.75, 3.05) is 19.6 Å². The number of allylic oxidation sites excluding steroid dienone is 2. The van der Waals surface area contributed by atoms with E-state index in [1.165, 1.54) is 27.1 Å². The summed E-state index contributed by atoms with van der Waals surface area (Å²) in [6.07, 6.45) is 9.81. The summed E-state index contributed by atoms with van der Waals surface area (Å²) in [7, 11) is 0. The Bertz CT molecular complexity index is 3640. The molecular weight excluding hydrogens is 873 g/mol. The molecule has 11 aromatic carbocycles. The van der Waals surface area contributed by atoms with E-state index in [-0.39, 0.29) is 6.04 Å². The van der Waals surface area contributed by atoms with Crippen LogP contribution in [0.5, 0.6) is 0 Å². The highest BCUT2D eigenvalue weighted by atomic mass is 15.2. The standard InChI is InChI=1S/C68H52N4/c1-5-23-55(24-6-1)69(61-43-47-63(48-44-61)71(57-27-9-3-10-28-57)67-33-17-21-53-19-13-15-31-65(53)67)59-39-35-51(36-40-59)52-37-41-60(42-38-52)70(56-25-7-2-8-26-56)62-45-49-64(50-46-62)72(58-29-11-4-12-30-58)68-34-18-22-54-20-14-16-32-66(54)68/h1-25,27-50,56H,26H2. The maximum absolute atomic E-state index is 2.46. The van der Waals surface area contributed by atoms with Gasteiger partial charge in [0.25, 0.3) is 0 Å². The van der Waals surface area contributed by atoms with Crippen LogP contribution in [-0.2, 0) is 0 Å². The van der Waals surface area contributed by atoms with Gasteiger partial charge in [0, 0.05) is 62.0 Å². The van der Waals surface area contributed by atoms with Crippen LogP contribution in [0.3, 0.4) is 0 Å². The topological polar surface area (TPSA) is 13.0 Å². The first-order valence-corrected chi connectivity index (χ1v) is 24.8. The summed E-state index contributed by atoms with van der Waals surface area (Å²) in [6, 6.07) is 98.4. The van der Waals surface area contributed by atoms with Gasteiger partial charge in [-0.15, -0.1) is 0 Å². The van der Waals surface area contributed by atoms with Gasteiger partial charge < -0.3 is 19.6 Å². The van der Waals surface area contributed by atoms with E-state index >= 15 is 0 Å². The first-order chi connectivity index (χ1) is 35.7. The largest absolute Gasteiger partial charge is 0.334 e. The van der Waals surface area contributed by atoms with Gasteiger partial charge in [-0.05, 0) is 150 Å². The molecule has 0 aliphatic heterocycles. The van der Waals surface area contributed by atoms with Crippen molar-refractivity contribution in [2.45, 2.75) is 12.5 Å². The minimum Gasteiger partial charge on any atom is -0.334 e. The molecule has 0 fully saturated rings. The van der Waals surface area contributed by atoms with Crippen LogP contribution in [0.2, 0.25) is 0 Å². The molecule has 1 aliphatic carbocycles. The molecule has 344 valence electrons. The highest BCUT2D eigenvalue weighted by Gasteiger charge is 2.22. The molecule has 4 nitrogen and oxygen atoms in total. The quantitative estimate of drug-likeness (QED) is 0.114. The van der Waals surface area contributed by atoms with Gasteiger partial charge in [-0.25, -0.2) is 0 Å². The fourth-order valence-electron chi connectivity index (χ4n) is 10.3. The predicted molar refractivity (Wildman–Crippen MR) is 306 cm³/mol. The van der Waals surface area contributed by atoms with Gasteiger partial charge in [-0.3, -0.25) is 0 Å². The Hall–Kier alpha value is -9.38. The Kier molecular flexibility index (Phi) is 12.1. The van der Waals surface area contributed by atoms with E-state index in [1.807, 2.05) is 0 Å². The highest BCUT2D eigenvalue weighted by molar-refractivity contribution is 6.00. The molecule has 4 heteroatoms. The molecule has 0 saturated heterocycles. The number of nitrogens with zero attached hydrogens (tertiary/aromatic N) is 4. The number of fused-ring (bicyclic) bond motifs is 2. The van der Waals surface area contributed by atoms with E-state index < -0.39 is 0 Å². The molecule has 0 spiro atoms. The van der Waals surface area contributed by atoms with Crippen molar-refractivity contribution in [3.63, 3.8) is 0 Å². The SMILES string of the molecule is C1=CCC(N(c2ccc(-c3ccc(N(c4ccccc4)c4ccc(N(c5ccccc5)c5cccc6ccccc56)cc4)cc3)cc2)c2ccc(N(c3ccccc3)c3cccc4ccccc34)cc2)C=C1. The predicted octanol–water partition coefficient (Wildman–Crippen LogP) is 19.1. The van der Waals surface area contributed by atoms with Crippen LogP contribution in [0.1, 0.15) is 6.42 Å². The molecule has 0 bridgehead atoms. The van der Waals surface area contributed by atoms with E-state index in [4.69, 9.17) is 0 Å². The van der Waals surface area contributed by atoms with Gasteiger partial charge in [-0.2, -0.15) is 0 Å². The molecule has 72 heavy (non-hydrogen) atoms. The van der Waals surface area contributed by atoms with Crippen molar-refractivity contribution in [3.05, 3.63) is 297 Å². The Morgan fingerprint density at radius 3 is 1.03 bits per heavy atom. The van der Waals surface area contributed by atoms with Gasteiger partial charge in [0.1, 0.15) is 0 Å². The molecule has 12 rings (SSSR count). The third-order valence-corrected chi connectivity index (χ3v) is 13.7. The Balaban J connectivity index is 0.838. The summed E-state index contributed by atoms with van der Waals surface area (Å²) in [4.78, 5) is 9.51. The van der Waals surface area contributed by atoms with E-state index in [1.54, 1.807) is 0 Å². The molecule has 0 radical (unpaired) electrons. The smallest absolute Gasteiger partial charge is 0.0559 e. The minimum atomic E-state index is 0.173. The lowest BCUT2D eigenvalue weighted by Gasteiger charge is -2.33. The molecule has 11 aromatic rings. The number of benzene rings is 11. The maximum atomic E-state index is 2.46. The Morgan fingerprint density at radius 1 is 0.264 bits per heavy atom. The van der Waals surface area contributed by atoms with Crippen molar-refractivity contribution in [3.8, 4) is 11.1 Å². The van der Waals surface area contributed by atoms with Crippen LogP contribution in [0.4, 0.5) is 62.6 Å². The van der Waals surface area contributed by atoms with Crippen LogP contribution in [0.15, 0.2) is 297 Å². The van der Waals surface area contributed by atoms with Crippen LogP contribution < -0.4 is 19.6 Å². The van der Waals surface area contributed by atoms with Gasteiger partial charge in [0.15, 0.2) is 0 Å². The summed E-state index contributed by atoms with van der Waals surface area (Å²) in [5.41, 5.74) is 14.6. The summed E-state index contributed by atoms with van der Waals surface area (Å²) in [6.45, 7) is 0. The number of anilines is 11. The lowest BCUT2D eigenvalue weighted by atomic mass is 10.0. The zero-order chi connectivity index (χ0) is 48.1. The summed E-state index contributed by atoms with van der Waals surface area (Å²) in [5.74, 6) is 0.